The Bertz CT molecular complexity index is 2230. The molecule has 3 aromatic heterocycles. The molecule has 222 valence electrons. The second kappa shape index (κ2) is 12.7. The zero-order valence-corrected chi connectivity index (χ0v) is 25.5. The summed E-state index contributed by atoms with van der Waals surface area (Å²) in [7, 11) is -3.64. The summed E-state index contributed by atoms with van der Waals surface area (Å²) in [6.07, 6.45) is 5.29. The van der Waals surface area contributed by atoms with Gasteiger partial charge in [0, 0.05) is 29.7 Å². The van der Waals surface area contributed by atoms with Crippen molar-refractivity contribution in [3.05, 3.63) is 123 Å². The lowest BCUT2D eigenvalue weighted by atomic mass is 10.1. The number of rotatable bonds is 5. The number of benzene rings is 3. The molecule has 0 aliphatic rings. The van der Waals surface area contributed by atoms with Crippen molar-refractivity contribution in [2.24, 2.45) is 0 Å². The molecule has 10 nitrogen and oxygen atoms in total. The molecule has 0 saturated carbocycles. The number of carbonyl (C=O) groups excluding carboxylic acids is 1. The van der Waals surface area contributed by atoms with Crippen LogP contribution in [0, 0.1) is 0 Å². The van der Waals surface area contributed by atoms with Gasteiger partial charge in [-0.25, -0.2) is 0 Å². The van der Waals surface area contributed by atoms with Gasteiger partial charge in [0.1, 0.15) is 35.2 Å². The Kier molecular flexibility index (Phi) is 8.74. The van der Waals surface area contributed by atoms with Crippen LogP contribution in [0.25, 0.3) is 44.3 Å². The molecule has 0 unspecified atom stereocenters. The number of pyridine rings is 1. The van der Waals surface area contributed by atoms with E-state index < -0.39 is 16.1 Å². The summed E-state index contributed by atoms with van der Waals surface area (Å²) in [5.74, 6) is 0.00470. The van der Waals surface area contributed by atoms with Crippen molar-refractivity contribution in [1.29, 1.82) is 0 Å². The Morgan fingerprint density at radius 1 is 0.795 bits per heavy atom. The maximum Gasteiger partial charge on any atom is 0.308 e. The Balaban J connectivity index is 0.000000175. The second-order valence-corrected chi connectivity index (χ2v) is 11.9. The molecule has 0 saturated heterocycles. The highest BCUT2D eigenvalue weighted by molar-refractivity contribution is 9.10. The minimum absolute atomic E-state index is 0.0968. The number of ether oxygens (including phenoxy) is 1. The third-order valence-corrected chi connectivity index (χ3v) is 7.12. The van der Waals surface area contributed by atoms with E-state index in [0.29, 0.717) is 38.9 Å². The minimum Gasteiger partial charge on any atom is -0.463 e. The van der Waals surface area contributed by atoms with Gasteiger partial charge in [0.2, 0.25) is 5.43 Å². The third kappa shape index (κ3) is 7.10. The normalized spacial score (nSPS) is 11.1. The van der Waals surface area contributed by atoms with Crippen LogP contribution in [0.4, 0.5) is 0 Å². The van der Waals surface area contributed by atoms with Gasteiger partial charge >= 0.3 is 16.1 Å². The lowest BCUT2D eigenvalue weighted by Gasteiger charge is -2.05. The lowest BCUT2D eigenvalue weighted by molar-refractivity contribution is -0.131. The molecule has 0 bridgehead atoms. The molecular weight excluding hydrogens is 654 g/mol. The van der Waals surface area contributed by atoms with Crippen molar-refractivity contribution in [3.8, 4) is 33.9 Å². The molecule has 0 radical (unpaired) electrons. The van der Waals surface area contributed by atoms with Crippen molar-refractivity contribution in [3.63, 3.8) is 0 Å². The van der Waals surface area contributed by atoms with Crippen LogP contribution in [0.5, 0.6) is 11.5 Å². The van der Waals surface area contributed by atoms with Gasteiger partial charge in [-0.2, -0.15) is 8.42 Å². The van der Waals surface area contributed by atoms with Crippen molar-refractivity contribution in [1.82, 2.24) is 4.98 Å². The first-order valence-electron chi connectivity index (χ1n) is 12.8. The standard InChI is InChI=1S/C16H11BrO5S.C16H11NO4/c1-23(19,20)22-12-6-7-13-15(8-12)21-9-14(16(13)18)10-2-4-11(17)5-3-10;1-10(18)21-11-5-6-12-15(8-11)20-9-13(16(12)19)14-4-2-3-7-17-14/h2-9H,1H3;2-9H,1H3. The van der Waals surface area contributed by atoms with Crippen LogP contribution >= 0.6 is 15.9 Å². The quantitative estimate of drug-likeness (QED) is 0.115. The average Bonchev–Trinajstić information content (AvgIpc) is 2.98. The summed E-state index contributed by atoms with van der Waals surface area (Å²) in [5, 5.41) is 0.764. The molecule has 0 aliphatic heterocycles. The van der Waals surface area contributed by atoms with Crippen LogP contribution in [0.1, 0.15) is 6.92 Å². The Morgan fingerprint density at radius 2 is 1.39 bits per heavy atom. The summed E-state index contributed by atoms with van der Waals surface area (Å²) < 4.78 is 43.9. The van der Waals surface area contributed by atoms with E-state index in [-0.39, 0.29) is 22.2 Å². The van der Waals surface area contributed by atoms with Crippen LogP contribution < -0.4 is 19.8 Å². The molecule has 6 aromatic rings. The monoisotopic (exact) mass is 675 g/mol. The molecule has 0 aliphatic carbocycles. The summed E-state index contributed by atoms with van der Waals surface area (Å²) in [6.45, 7) is 1.31. The van der Waals surface area contributed by atoms with Gasteiger partial charge in [-0.3, -0.25) is 19.4 Å². The third-order valence-electron chi connectivity index (χ3n) is 6.10. The predicted molar refractivity (Wildman–Crippen MR) is 168 cm³/mol. The topological polar surface area (TPSA) is 143 Å². The van der Waals surface area contributed by atoms with Gasteiger partial charge in [0.15, 0.2) is 5.43 Å². The molecule has 0 fully saturated rings. The molecule has 44 heavy (non-hydrogen) atoms. The Morgan fingerprint density at radius 3 is 1.98 bits per heavy atom. The number of hydrogen-bond acceptors (Lipinski definition) is 10. The molecule has 0 atom stereocenters. The second-order valence-electron chi connectivity index (χ2n) is 9.38. The van der Waals surface area contributed by atoms with Gasteiger partial charge in [-0.05, 0) is 54.1 Å². The number of aromatic nitrogens is 1. The van der Waals surface area contributed by atoms with Crippen molar-refractivity contribution < 1.29 is 31.0 Å². The van der Waals surface area contributed by atoms with E-state index in [0.717, 1.165) is 16.3 Å². The molecule has 3 aromatic carbocycles. The molecule has 0 amide bonds. The van der Waals surface area contributed by atoms with Crippen LogP contribution in [-0.4, -0.2) is 25.6 Å². The summed E-state index contributed by atoms with van der Waals surface area (Å²) in [5.41, 5.74) is 2.36. The average molecular weight is 676 g/mol. The van der Waals surface area contributed by atoms with Gasteiger partial charge in [0.25, 0.3) is 0 Å². The van der Waals surface area contributed by atoms with Gasteiger partial charge < -0.3 is 17.8 Å². The van der Waals surface area contributed by atoms with Gasteiger partial charge in [0.05, 0.1) is 33.8 Å². The fourth-order valence-corrected chi connectivity index (χ4v) is 4.92. The number of fused-ring (bicyclic) bond motifs is 2. The first kappa shape index (κ1) is 30.4. The molecule has 3 heterocycles. The predicted octanol–water partition coefficient (Wildman–Crippen LogP) is 6.34. The van der Waals surface area contributed by atoms with Crippen LogP contribution in [0.2, 0.25) is 0 Å². The highest BCUT2D eigenvalue weighted by Crippen LogP contribution is 2.25. The SMILES string of the molecule is CC(=O)Oc1ccc2c(=O)c(-c3ccccn3)coc2c1.CS(=O)(=O)Oc1ccc2c(=O)c(-c3ccc(Br)cc3)coc2c1. The smallest absolute Gasteiger partial charge is 0.308 e. The first-order chi connectivity index (χ1) is 21.0. The highest BCUT2D eigenvalue weighted by atomic mass is 79.9. The van der Waals surface area contributed by atoms with E-state index in [1.54, 1.807) is 36.5 Å². The molecule has 12 heteroatoms. The zero-order valence-electron chi connectivity index (χ0n) is 23.1. The number of nitrogens with zero attached hydrogens (tertiary/aromatic N) is 1. The van der Waals surface area contributed by atoms with E-state index >= 15 is 0 Å². The molecule has 0 N–H and O–H groups in total. The van der Waals surface area contributed by atoms with Gasteiger partial charge in [-0.15, -0.1) is 0 Å². The largest absolute Gasteiger partial charge is 0.463 e. The van der Waals surface area contributed by atoms with Crippen LogP contribution in [0.3, 0.4) is 0 Å². The molecular formula is C32H22BrNO9S. The summed E-state index contributed by atoms with van der Waals surface area (Å²) in [6, 6.07) is 21.5. The van der Waals surface area contributed by atoms with E-state index in [4.69, 9.17) is 17.8 Å². The Labute approximate surface area is 258 Å². The maximum absolute atomic E-state index is 12.6. The van der Waals surface area contributed by atoms with Crippen molar-refractivity contribution in [2.45, 2.75) is 6.92 Å². The van der Waals surface area contributed by atoms with E-state index in [1.165, 1.54) is 43.7 Å². The number of hydrogen-bond donors (Lipinski definition) is 0. The van der Waals surface area contributed by atoms with E-state index in [2.05, 4.69) is 20.9 Å². The van der Waals surface area contributed by atoms with E-state index in [1.807, 2.05) is 24.3 Å². The maximum atomic E-state index is 12.6. The van der Waals surface area contributed by atoms with Gasteiger partial charge in [-0.1, -0.05) is 34.1 Å². The summed E-state index contributed by atoms with van der Waals surface area (Å²) >= 11 is 3.34. The fourth-order valence-electron chi connectivity index (χ4n) is 4.20. The number of halogens is 1. The number of esters is 1. The minimum atomic E-state index is -3.64. The van der Waals surface area contributed by atoms with Crippen LogP contribution in [-0.2, 0) is 14.9 Å². The van der Waals surface area contributed by atoms with E-state index in [9.17, 15) is 22.8 Å². The number of carbonyl (C=O) groups is 1. The first-order valence-corrected chi connectivity index (χ1v) is 15.5. The summed E-state index contributed by atoms with van der Waals surface area (Å²) in [4.78, 5) is 40.1. The highest BCUT2D eigenvalue weighted by Gasteiger charge is 2.13. The Hall–Kier alpha value is -5.07. The lowest BCUT2D eigenvalue weighted by Crippen LogP contribution is -2.07. The van der Waals surface area contributed by atoms with Crippen molar-refractivity contribution >= 4 is 54.0 Å². The van der Waals surface area contributed by atoms with Crippen molar-refractivity contribution in [2.75, 3.05) is 6.26 Å². The zero-order chi connectivity index (χ0) is 31.4. The fraction of sp³-hybridized carbons (Fsp3) is 0.0625. The molecule has 6 rings (SSSR count). The molecule has 0 spiro atoms. The van der Waals surface area contributed by atoms with Crippen LogP contribution in [0.15, 0.2) is 120 Å².